The normalized spacial score (nSPS) is 27.4. The minimum atomic E-state index is -0.193. The highest BCUT2D eigenvalue weighted by molar-refractivity contribution is 5.77. The van der Waals surface area contributed by atoms with Crippen LogP contribution in [0, 0.1) is 11.8 Å². The van der Waals surface area contributed by atoms with E-state index in [0.29, 0.717) is 12.5 Å². The Balaban J connectivity index is 1.51. The molecule has 0 spiro atoms. The molecular formula is C14H24N2O. The van der Waals surface area contributed by atoms with Gasteiger partial charge in [-0.1, -0.05) is 12.8 Å². The van der Waals surface area contributed by atoms with Crippen LogP contribution in [0.2, 0.25) is 0 Å². The summed E-state index contributed by atoms with van der Waals surface area (Å²) in [6.45, 7) is 0. The van der Waals surface area contributed by atoms with Crippen LogP contribution < -0.4 is 11.1 Å². The van der Waals surface area contributed by atoms with Crippen molar-refractivity contribution in [1.29, 1.82) is 0 Å². The highest BCUT2D eigenvalue weighted by atomic mass is 16.1. The second-order valence-corrected chi connectivity index (χ2v) is 6.51. The highest BCUT2D eigenvalue weighted by Gasteiger charge is 2.43. The summed E-state index contributed by atoms with van der Waals surface area (Å²) < 4.78 is 0. The fraction of sp³-hybridized carbons (Fsp3) is 0.929. The van der Waals surface area contributed by atoms with Crippen LogP contribution in [-0.4, -0.2) is 17.5 Å². The van der Waals surface area contributed by atoms with Crippen molar-refractivity contribution in [3.8, 4) is 0 Å². The maximum atomic E-state index is 12.1. The maximum Gasteiger partial charge on any atom is 0.222 e. The lowest BCUT2D eigenvalue weighted by atomic mass is 9.94. The van der Waals surface area contributed by atoms with Gasteiger partial charge in [0.1, 0.15) is 0 Å². The molecule has 3 heteroatoms. The van der Waals surface area contributed by atoms with E-state index in [1.807, 2.05) is 0 Å². The summed E-state index contributed by atoms with van der Waals surface area (Å²) in [4.78, 5) is 12.1. The Morgan fingerprint density at radius 1 is 1.18 bits per heavy atom. The molecule has 3 fully saturated rings. The minimum absolute atomic E-state index is 0.193. The van der Waals surface area contributed by atoms with Crippen LogP contribution in [-0.2, 0) is 4.79 Å². The quantitative estimate of drug-likeness (QED) is 0.766. The van der Waals surface area contributed by atoms with Crippen molar-refractivity contribution in [3.63, 3.8) is 0 Å². The molecule has 17 heavy (non-hydrogen) atoms. The lowest BCUT2D eigenvalue weighted by Crippen LogP contribution is -2.45. The summed E-state index contributed by atoms with van der Waals surface area (Å²) in [7, 11) is 0. The monoisotopic (exact) mass is 236 g/mol. The molecule has 3 nitrogen and oxygen atoms in total. The number of hydrogen-bond acceptors (Lipinski definition) is 2. The van der Waals surface area contributed by atoms with Gasteiger partial charge in [-0.2, -0.15) is 0 Å². The molecule has 0 heterocycles. The third kappa shape index (κ3) is 2.82. The Hall–Kier alpha value is -0.570. The molecule has 3 saturated carbocycles. The molecule has 0 bridgehead atoms. The number of nitrogens with two attached hydrogens (primary N) is 1. The van der Waals surface area contributed by atoms with Gasteiger partial charge in [-0.05, 0) is 50.4 Å². The Morgan fingerprint density at radius 3 is 2.18 bits per heavy atom. The SMILES string of the molecule is NC1(CC(=O)NC(C2CC2)C2CC2)CCCC1. The van der Waals surface area contributed by atoms with Crippen LogP contribution in [0.4, 0.5) is 0 Å². The van der Waals surface area contributed by atoms with Gasteiger partial charge < -0.3 is 11.1 Å². The van der Waals surface area contributed by atoms with Crippen LogP contribution >= 0.6 is 0 Å². The summed E-state index contributed by atoms with van der Waals surface area (Å²) >= 11 is 0. The first kappa shape index (κ1) is 11.5. The van der Waals surface area contributed by atoms with Gasteiger partial charge in [0.05, 0.1) is 0 Å². The molecule has 3 aliphatic rings. The largest absolute Gasteiger partial charge is 0.353 e. The van der Waals surface area contributed by atoms with E-state index in [1.165, 1.54) is 38.5 Å². The van der Waals surface area contributed by atoms with Crippen LogP contribution in [0.5, 0.6) is 0 Å². The fourth-order valence-electron chi connectivity index (χ4n) is 3.34. The predicted molar refractivity (Wildman–Crippen MR) is 67.4 cm³/mol. The van der Waals surface area contributed by atoms with Crippen molar-refractivity contribution >= 4 is 5.91 Å². The number of carbonyl (C=O) groups excluding carboxylic acids is 1. The van der Waals surface area contributed by atoms with Crippen molar-refractivity contribution in [2.45, 2.75) is 69.4 Å². The molecule has 0 aromatic carbocycles. The number of hydrogen-bond donors (Lipinski definition) is 2. The zero-order chi connectivity index (χ0) is 11.9. The van der Waals surface area contributed by atoms with Gasteiger partial charge >= 0.3 is 0 Å². The molecular weight excluding hydrogens is 212 g/mol. The average Bonchev–Trinajstić information content (AvgIpc) is 3.16. The number of carbonyl (C=O) groups is 1. The predicted octanol–water partition coefficient (Wildman–Crippen LogP) is 1.95. The van der Waals surface area contributed by atoms with Gasteiger partial charge in [0.2, 0.25) is 5.91 Å². The standard InChI is InChI=1S/C14H24N2O/c15-14(7-1-2-8-14)9-12(17)16-13(10-3-4-10)11-5-6-11/h10-11,13H,1-9,15H2,(H,16,17). The third-order valence-electron chi connectivity index (χ3n) is 4.70. The van der Waals surface area contributed by atoms with Gasteiger partial charge in [-0.25, -0.2) is 0 Å². The first-order valence-corrected chi connectivity index (χ1v) is 7.25. The van der Waals surface area contributed by atoms with E-state index in [9.17, 15) is 4.79 Å². The molecule has 3 aliphatic carbocycles. The van der Waals surface area contributed by atoms with Crippen molar-refractivity contribution < 1.29 is 4.79 Å². The molecule has 1 amide bonds. The first-order chi connectivity index (χ1) is 8.16. The Morgan fingerprint density at radius 2 is 1.71 bits per heavy atom. The lowest BCUT2D eigenvalue weighted by Gasteiger charge is -2.25. The molecule has 0 radical (unpaired) electrons. The van der Waals surface area contributed by atoms with Crippen LogP contribution in [0.15, 0.2) is 0 Å². The number of amides is 1. The van der Waals surface area contributed by atoms with E-state index in [2.05, 4.69) is 5.32 Å². The number of rotatable bonds is 5. The Kier molecular flexibility index (Phi) is 2.89. The van der Waals surface area contributed by atoms with Gasteiger partial charge in [-0.15, -0.1) is 0 Å². The van der Waals surface area contributed by atoms with E-state index in [1.54, 1.807) is 0 Å². The molecule has 3 rings (SSSR count). The summed E-state index contributed by atoms with van der Waals surface area (Å²) in [6, 6.07) is 0.479. The topological polar surface area (TPSA) is 55.1 Å². The maximum absolute atomic E-state index is 12.1. The van der Waals surface area contributed by atoms with Gasteiger partial charge in [0.15, 0.2) is 0 Å². The minimum Gasteiger partial charge on any atom is -0.353 e. The second kappa shape index (κ2) is 4.27. The summed E-state index contributed by atoms with van der Waals surface area (Å²) in [5.74, 6) is 1.77. The van der Waals surface area contributed by atoms with Crippen LogP contribution in [0.1, 0.15) is 57.8 Å². The molecule has 0 aromatic heterocycles. The average molecular weight is 236 g/mol. The van der Waals surface area contributed by atoms with Gasteiger partial charge in [0, 0.05) is 18.0 Å². The zero-order valence-electron chi connectivity index (χ0n) is 10.6. The smallest absolute Gasteiger partial charge is 0.222 e. The molecule has 0 atom stereocenters. The molecule has 0 aliphatic heterocycles. The van der Waals surface area contributed by atoms with E-state index >= 15 is 0 Å². The van der Waals surface area contributed by atoms with Gasteiger partial charge in [-0.3, -0.25) is 4.79 Å². The summed E-state index contributed by atoms with van der Waals surface area (Å²) in [6.07, 6.45) is 10.2. The lowest BCUT2D eigenvalue weighted by molar-refractivity contribution is -0.123. The molecule has 0 saturated heterocycles. The molecule has 0 aromatic rings. The Bertz CT molecular complexity index is 289. The Labute approximate surface area is 104 Å². The summed E-state index contributed by atoms with van der Waals surface area (Å²) in [5.41, 5.74) is 6.07. The summed E-state index contributed by atoms with van der Waals surface area (Å²) in [5, 5.41) is 3.27. The molecule has 0 unspecified atom stereocenters. The van der Waals surface area contributed by atoms with Crippen LogP contribution in [0.25, 0.3) is 0 Å². The number of nitrogens with one attached hydrogen (secondary N) is 1. The molecule has 96 valence electrons. The third-order valence-corrected chi connectivity index (χ3v) is 4.70. The highest BCUT2D eigenvalue weighted by Crippen LogP contribution is 2.44. The van der Waals surface area contributed by atoms with Crippen molar-refractivity contribution in [1.82, 2.24) is 5.32 Å². The first-order valence-electron chi connectivity index (χ1n) is 7.25. The fourth-order valence-corrected chi connectivity index (χ4v) is 3.34. The van der Waals surface area contributed by atoms with E-state index < -0.39 is 0 Å². The van der Waals surface area contributed by atoms with Crippen molar-refractivity contribution in [2.24, 2.45) is 17.6 Å². The van der Waals surface area contributed by atoms with E-state index in [0.717, 1.165) is 24.7 Å². The molecule has 3 N–H and O–H groups in total. The van der Waals surface area contributed by atoms with Crippen molar-refractivity contribution in [2.75, 3.05) is 0 Å². The van der Waals surface area contributed by atoms with Gasteiger partial charge in [0.25, 0.3) is 0 Å². The zero-order valence-corrected chi connectivity index (χ0v) is 10.6. The van der Waals surface area contributed by atoms with E-state index in [-0.39, 0.29) is 11.4 Å². The van der Waals surface area contributed by atoms with Crippen molar-refractivity contribution in [3.05, 3.63) is 0 Å². The van der Waals surface area contributed by atoms with E-state index in [4.69, 9.17) is 5.73 Å². The second-order valence-electron chi connectivity index (χ2n) is 6.51. The van der Waals surface area contributed by atoms with Crippen LogP contribution in [0.3, 0.4) is 0 Å².